The molecule has 1 aliphatic heterocycles. The summed E-state index contributed by atoms with van der Waals surface area (Å²) in [5.74, 6) is -0.271. The van der Waals surface area contributed by atoms with Crippen LogP contribution in [-0.4, -0.2) is 49.0 Å². The monoisotopic (exact) mass is 445 g/mol. The Morgan fingerprint density at radius 2 is 1.94 bits per heavy atom. The van der Waals surface area contributed by atoms with E-state index in [1.807, 2.05) is 18.2 Å². The first-order valence-corrected chi connectivity index (χ1v) is 11.9. The van der Waals surface area contributed by atoms with Gasteiger partial charge in [-0.25, -0.2) is 13.4 Å². The molecule has 1 fully saturated rings. The summed E-state index contributed by atoms with van der Waals surface area (Å²) >= 11 is 0. The van der Waals surface area contributed by atoms with Gasteiger partial charge in [0.05, 0.1) is 11.2 Å². The van der Waals surface area contributed by atoms with Crippen LogP contribution in [0.5, 0.6) is 11.6 Å². The zero-order chi connectivity index (χ0) is 22.5. The van der Waals surface area contributed by atoms with Gasteiger partial charge >= 0.3 is 0 Å². The quantitative estimate of drug-likeness (QED) is 0.702. The van der Waals surface area contributed by atoms with Crippen molar-refractivity contribution in [1.29, 1.82) is 0 Å². The highest BCUT2D eigenvalue weighted by molar-refractivity contribution is 7.90. The zero-order valence-corrected chi connectivity index (χ0v) is 18.5. The lowest BCUT2D eigenvalue weighted by atomic mass is 9.81. The summed E-state index contributed by atoms with van der Waals surface area (Å²) in [5.41, 5.74) is -0.716. The molecule has 0 radical (unpaired) electrons. The summed E-state index contributed by atoms with van der Waals surface area (Å²) in [7, 11) is -3.68. The minimum absolute atomic E-state index is 0.110. The Morgan fingerprint density at radius 1 is 1.19 bits per heavy atom. The standard InChI is InChI=1S/C22H27N3O5S/c1-3-15-31(28,29)24-21(27)22(2)12-8-14-25(16-22)20(26)18-11-7-13-23-19(18)30-17-9-5-4-6-10-17/h4-7,9-11,13H,3,8,12,14-16H2,1-2H3,(H,24,27). The summed E-state index contributed by atoms with van der Waals surface area (Å²) in [6.07, 6.45) is 3.03. The van der Waals surface area contributed by atoms with Gasteiger partial charge in [-0.15, -0.1) is 0 Å². The number of carbonyl (C=O) groups excluding carboxylic acids is 2. The number of nitrogens with zero attached hydrogens (tertiary/aromatic N) is 2. The molecule has 1 unspecified atom stereocenters. The molecule has 1 aromatic heterocycles. The number of likely N-dealkylation sites (tertiary alicyclic amines) is 1. The maximum Gasteiger partial charge on any atom is 0.259 e. The fourth-order valence-corrected chi connectivity index (χ4v) is 4.76. The number of carbonyl (C=O) groups is 2. The number of rotatable bonds is 7. The van der Waals surface area contributed by atoms with Crippen molar-refractivity contribution in [3.8, 4) is 11.6 Å². The summed E-state index contributed by atoms with van der Waals surface area (Å²) < 4.78 is 32.1. The number of hydrogen-bond acceptors (Lipinski definition) is 6. The SMILES string of the molecule is CCCS(=O)(=O)NC(=O)C1(C)CCCN(C(=O)c2cccnc2Oc2ccccc2)C1. The number of nitrogens with one attached hydrogen (secondary N) is 1. The summed E-state index contributed by atoms with van der Waals surface area (Å²) in [6, 6.07) is 12.3. The molecule has 1 aliphatic rings. The predicted molar refractivity (Wildman–Crippen MR) is 116 cm³/mol. The number of piperidine rings is 1. The first-order chi connectivity index (χ1) is 14.7. The smallest absolute Gasteiger partial charge is 0.259 e. The number of para-hydroxylation sites is 1. The lowest BCUT2D eigenvalue weighted by Crippen LogP contribution is -2.53. The van der Waals surface area contributed by atoms with Gasteiger partial charge in [-0.3, -0.25) is 14.3 Å². The van der Waals surface area contributed by atoms with E-state index in [9.17, 15) is 18.0 Å². The van der Waals surface area contributed by atoms with Crippen molar-refractivity contribution >= 4 is 21.8 Å². The maximum atomic E-state index is 13.3. The Balaban J connectivity index is 1.78. The van der Waals surface area contributed by atoms with Gasteiger partial charge in [-0.2, -0.15) is 0 Å². The molecule has 0 saturated carbocycles. The van der Waals surface area contributed by atoms with Crippen molar-refractivity contribution in [1.82, 2.24) is 14.6 Å². The molecule has 0 aliphatic carbocycles. The van der Waals surface area contributed by atoms with E-state index in [4.69, 9.17) is 4.74 Å². The molecule has 0 bridgehead atoms. The van der Waals surface area contributed by atoms with Crippen molar-refractivity contribution in [2.75, 3.05) is 18.8 Å². The summed E-state index contributed by atoms with van der Waals surface area (Å²) in [6.45, 7) is 3.99. The first kappa shape index (κ1) is 22.7. The third kappa shape index (κ3) is 5.61. The molecule has 1 N–H and O–H groups in total. The fourth-order valence-electron chi connectivity index (χ4n) is 3.59. The van der Waals surface area contributed by atoms with Crippen LogP contribution in [0.1, 0.15) is 43.5 Å². The van der Waals surface area contributed by atoms with E-state index in [2.05, 4.69) is 9.71 Å². The van der Waals surface area contributed by atoms with E-state index >= 15 is 0 Å². The summed E-state index contributed by atoms with van der Waals surface area (Å²) in [4.78, 5) is 31.8. The van der Waals surface area contributed by atoms with Gasteiger partial charge in [-0.05, 0) is 50.5 Å². The van der Waals surface area contributed by atoms with Crippen LogP contribution in [0.4, 0.5) is 0 Å². The van der Waals surface area contributed by atoms with E-state index in [-0.39, 0.29) is 29.6 Å². The van der Waals surface area contributed by atoms with E-state index in [0.29, 0.717) is 31.6 Å². The van der Waals surface area contributed by atoms with E-state index in [1.165, 1.54) is 0 Å². The maximum absolute atomic E-state index is 13.3. The highest BCUT2D eigenvalue weighted by Gasteiger charge is 2.41. The van der Waals surface area contributed by atoms with Crippen molar-refractivity contribution in [2.45, 2.75) is 33.1 Å². The number of pyridine rings is 1. The lowest BCUT2D eigenvalue weighted by Gasteiger charge is -2.39. The molecule has 2 amide bonds. The Hall–Kier alpha value is -2.94. The molecule has 2 heterocycles. The number of amides is 2. The molecule has 1 saturated heterocycles. The van der Waals surface area contributed by atoms with Gasteiger partial charge in [0.15, 0.2) is 0 Å². The average molecular weight is 446 g/mol. The Morgan fingerprint density at radius 3 is 2.65 bits per heavy atom. The Bertz CT molecular complexity index is 1040. The Kier molecular flexibility index (Phi) is 6.94. The number of hydrogen-bond donors (Lipinski definition) is 1. The predicted octanol–water partition coefficient (Wildman–Crippen LogP) is 2.97. The number of sulfonamides is 1. The first-order valence-electron chi connectivity index (χ1n) is 10.3. The van der Waals surface area contributed by atoms with E-state index in [1.54, 1.807) is 49.2 Å². The second-order valence-corrected chi connectivity index (χ2v) is 9.75. The molecule has 9 heteroatoms. The van der Waals surface area contributed by atoms with E-state index in [0.717, 1.165) is 0 Å². The van der Waals surface area contributed by atoms with Crippen LogP contribution in [0.15, 0.2) is 48.7 Å². The molecule has 0 spiro atoms. The molecule has 2 aromatic rings. The minimum atomic E-state index is -3.68. The second kappa shape index (κ2) is 9.47. The topological polar surface area (TPSA) is 106 Å². The van der Waals surface area contributed by atoms with Crippen molar-refractivity contribution < 1.29 is 22.7 Å². The van der Waals surface area contributed by atoms with Crippen LogP contribution in [0, 0.1) is 5.41 Å². The molecule has 3 rings (SSSR count). The molecule has 1 aromatic carbocycles. The van der Waals surface area contributed by atoms with Crippen molar-refractivity contribution in [3.05, 3.63) is 54.2 Å². The number of benzene rings is 1. The van der Waals surface area contributed by atoms with Crippen LogP contribution in [0.2, 0.25) is 0 Å². The molecular formula is C22H27N3O5S. The molecule has 31 heavy (non-hydrogen) atoms. The van der Waals surface area contributed by atoms with Gasteiger partial charge in [0.1, 0.15) is 11.3 Å². The number of aromatic nitrogens is 1. The van der Waals surface area contributed by atoms with Gasteiger partial charge in [0.2, 0.25) is 21.8 Å². The van der Waals surface area contributed by atoms with Crippen molar-refractivity contribution in [2.24, 2.45) is 5.41 Å². The van der Waals surface area contributed by atoms with E-state index < -0.39 is 21.3 Å². The minimum Gasteiger partial charge on any atom is -0.438 e. The van der Waals surface area contributed by atoms with Gasteiger partial charge in [-0.1, -0.05) is 25.1 Å². The van der Waals surface area contributed by atoms with Gasteiger partial charge < -0.3 is 9.64 Å². The highest BCUT2D eigenvalue weighted by Crippen LogP contribution is 2.32. The van der Waals surface area contributed by atoms with Crippen LogP contribution in [0.25, 0.3) is 0 Å². The third-order valence-electron chi connectivity index (χ3n) is 5.21. The lowest BCUT2D eigenvalue weighted by molar-refractivity contribution is -0.130. The highest BCUT2D eigenvalue weighted by atomic mass is 32.2. The molecular weight excluding hydrogens is 418 g/mol. The largest absolute Gasteiger partial charge is 0.438 e. The Labute approximate surface area is 182 Å². The van der Waals surface area contributed by atoms with Crippen LogP contribution >= 0.6 is 0 Å². The van der Waals surface area contributed by atoms with Gasteiger partial charge in [0.25, 0.3) is 5.91 Å². The molecule has 166 valence electrons. The molecule has 1 atom stereocenters. The van der Waals surface area contributed by atoms with Crippen molar-refractivity contribution in [3.63, 3.8) is 0 Å². The molecule has 8 nitrogen and oxygen atoms in total. The van der Waals surface area contributed by atoms with Gasteiger partial charge in [0, 0.05) is 19.3 Å². The summed E-state index contributed by atoms with van der Waals surface area (Å²) in [5, 5.41) is 0. The van der Waals surface area contributed by atoms with Crippen LogP contribution in [0.3, 0.4) is 0 Å². The van der Waals surface area contributed by atoms with Crippen LogP contribution in [-0.2, 0) is 14.8 Å². The zero-order valence-electron chi connectivity index (χ0n) is 17.7. The normalized spacial score (nSPS) is 19.0. The average Bonchev–Trinajstić information content (AvgIpc) is 2.74. The third-order valence-corrected chi connectivity index (χ3v) is 6.65. The second-order valence-electron chi connectivity index (χ2n) is 7.91. The van der Waals surface area contributed by atoms with Crippen LogP contribution < -0.4 is 9.46 Å². The fraction of sp³-hybridized carbons (Fsp3) is 0.409. The number of ether oxygens (including phenoxy) is 1.